The molecule has 1 unspecified atom stereocenters. The van der Waals surface area contributed by atoms with E-state index in [4.69, 9.17) is 23.2 Å². The van der Waals surface area contributed by atoms with Gasteiger partial charge in [0.15, 0.2) is 0 Å². The molecule has 0 spiro atoms. The fourth-order valence-electron chi connectivity index (χ4n) is 2.02. The van der Waals surface area contributed by atoms with Gasteiger partial charge in [0.25, 0.3) is 0 Å². The summed E-state index contributed by atoms with van der Waals surface area (Å²) in [6, 6.07) is 10.7. The highest BCUT2D eigenvalue weighted by Gasteiger charge is 2.12. The summed E-state index contributed by atoms with van der Waals surface area (Å²) in [5.41, 5.74) is 2.08. The molecule has 1 atom stereocenters. The zero-order valence-electron chi connectivity index (χ0n) is 10.8. The van der Waals surface area contributed by atoms with Crippen LogP contribution in [0.4, 0.5) is 4.39 Å². The Kier molecular flexibility index (Phi) is 5.44. The highest BCUT2D eigenvalue weighted by atomic mass is 79.9. The third-order valence-electron chi connectivity index (χ3n) is 3.12. The molecule has 106 valence electrons. The Bertz CT molecular complexity index is 619. The van der Waals surface area contributed by atoms with Gasteiger partial charge in [0.05, 0.1) is 14.5 Å². The minimum atomic E-state index is -0.266. The first-order chi connectivity index (χ1) is 9.51. The van der Waals surface area contributed by atoms with Gasteiger partial charge in [-0.2, -0.15) is 0 Å². The van der Waals surface area contributed by atoms with Crippen LogP contribution in [-0.2, 0) is 6.42 Å². The average Bonchev–Trinajstić information content (AvgIpc) is 2.43. The molecule has 0 radical (unpaired) electrons. The second-order valence-corrected chi connectivity index (χ2v) is 6.14. The average molecular weight is 377 g/mol. The van der Waals surface area contributed by atoms with Gasteiger partial charge in [-0.3, -0.25) is 0 Å². The molecule has 0 aliphatic rings. The van der Waals surface area contributed by atoms with Gasteiger partial charge in [0, 0.05) is 6.04 Å². The van der Waals surface area contributed by atoms with E-state index in [1.165, 1.54) is 6.07 Å². The van der Waals surface area contributed by atoms with Crippen LogP contribution in [0.2, 0.25) is 10.0 Å². The molecule has 2 aromatic rings. The smallest absolute Gasteiger partial charge is 0.137 e. The first kappa shape index (κ1) is 15.8. The van der Waals surface area contributed by atoms with E-state index in [-0.39, 0.29) is 11.9 Å². The topological polar surface area (TPSA) is 12.0 Å². The van der Waals surface area contributed by atoms with Crippen molar-refractivity contribution in [3.8, 4) is 0 Å². The first-order valence-corrected chi connectivity index (χ1v) is 7.62. The van der Waals surface area contributed by atoms with Gasteiger partial charge in [-0.15, -0.1) is 0 Å². The lowest BCUT2D eigenvalue weighted by molar-refractivity contribution is 0.584. The normalized spacial score (nSPS) is 12.4. The van der Waals surface area contributed by atoms with Crippen molar-refractivity contribution in [3.05, 3.63) is 67.9 Å². The fraction of sp³-hybridized carbons (Fsp3) is 0.200. The summed E-state index contributed by atoms with van der Waals surface area (Å²) in [6.07, 6.45) is 0.742. The maximum atomic E-state index is 13.3. The third kappa shape index (κ3) is 3.73. The van der Waals surface area contributed by atoms with Gasteiger partial charge in [0.1, 0.15) is 5.82 Å². The van der Waals surface area contributed by atoms with Gasteiger partial charge in [0.2, 0.25) is 0 Å². The zero-order valence-corrected chi connectivity index (χ0v) is 13.9. The van der Waals surface area contributed by atoms with E-state index < -0.39 is 0 Å². The Morgan fingerprint density at radius 3 is 2.50 bits per heavy atom. The van der Waals surface area contributed by atoms with Crippen LogP contribution in [0.1, 0.15) is 17.2 Å². The molecule has 1 N–H and O–H groups in total. The number of nitrogens with one attached hydrogen (secondary N) is 1. The van der Waals surface area contributed by atoms with Crippen LogP contribution < -0.4 is 5.32 Å². The number of rotatable bonds is 4. The monoisotopic (exact) mass is 375 g/mol. The molecule has 2 rings (SSSR count). The SMILES string of the molecule is CNC(Cc1ccc(Cl)c(Cl)c1)c1ccc(F)c(Br)c1. The van der Waals surface area contributed by atoms with Crippen LogP contribution in [0, 0.1) is 5.82 Å². The van der Waals surface area contributed by atoms with Crippen molar-refractivity contribution < 1.29 is 4.39 Å². The van der Waals surface area contributed by atoms with Crippen LogP contribution in [0.3, 0.4) is 0 Å². The molecule has 0 heterocycles. The van der Waals surface area contributed by atoms with Crippen molar-refractivity contribution in [1.82, 2.24) is 5.32 Å². The number of halogens is 4. The van der Waals surface area contributed by atoms with Crippen molar-refractivity contribution >= 4 is 39.1 Å². The van der Waals surface area contributed by atoms with Crippen LogP contribution in [0.15, 0.2) is 40.9 Å². The van der Waals surface area contributed by atoms with Gasteiger partial charge in [-0.05, 0) is 64.8 Å². The maximum Gasteiger partial charge on any atom is 0.137 e. The highest BCUT2D eigenvalue weighted by molar-refractivity contribution is 9.10. The minimum Gasteiger partial charge on any atom is -0.313 e. The summed E-state index contributed by atoms with van der Waals surface area (Å²) in [6.45, 7) is 0. The number of benzene rings is 2. The Morgan fingerprint density at radius 2 is 1.90 bits per heavy atom. The van der Waals surface area contributed by atoms with E-state index in [2.05, 4.69) is 21.2 Å². The minimum absolute atomic E-state index is 0.0733. The Labute approximate surface area is 136 Å². The van der Waals surface area contributed by atoms with Crippen LogP contribution in [-0.4, -0.2) is 7.05 Å². The third-order valence-corrected chi connectivity index (χ3v) is 4.47. The van der Waals surface area contributed by atoms with E-state index in [1.54, 1.807) is 18.2 Å². The first-order valence-electron chi connectivity index (χ1n) is 6.07. The molecule has 0 aromatic heterocycles. The predicted molar refractivity (Wildman–Crippen MR) is 86.1 cm³/mol. The van der Waals surface area contributed by atoms with Gasteiger partial charge >= 0.3 is 0 Å². The van der Waals surface area contributed by atoms with E-state index in [0.29, 0.717) is 14.5 Å². The van der Waals surface area contributed by atoms with Crippen LogP contribution >= 0.6 is 39.1 Å². The second-order valence-electron chi connectivity index (χ2n) is 4.47. The van der Waals surface area contributed by atoms with E-state index in [9.17, 15) is 4.39 Å². The van der Waals surface area contributed by atoms with Crippen LogP contribution in [0.25, 0.3) is 0 Å². The lowest BCUT2D eigenvalue weighted by Crippen LogP contribution is -2.19. The summed E-state index contributed by atoms with van der Waals surface area (Å²) in [7, 11) is 1.87. The lowest BCUT2D eigenvalue weighted by Gasteiger charge is -2.17. The molecular formula is C15H13BrCl2FN. The van der Waals surface area contributed by atoms with E-state index >= 15 is 0 Å². The Morgan fingerprint density at radius 1 is 1.15 bits per heavy atom. The highest BCUT2D eigenvalue weighted by Crippen LogP contribution is 2.27. The van der Waals surface area contributed by atoms with Crippen molar-refractivity contribution in [1.29, 1.82) is 0 Å². The molecule has 0 amide bonds. The van der Waals surface area contributed by atoms with Crippen molar-refractivity contribution in [3.63, 3.8) is 0 Å². The number of hydrogen-bond donors (Lipinski definition) is 1. The molecule has 0 fully saturated rings. The summed E-state index contributed by atoms with van der Waals surface area (Å²) in [4.78, 5) is 0. The second kappa shape index (κ2) is 6.90. The van der Waals surface area contributed by atoms with E-state index in [0.717, 1.165) is 17.5 Å². The molecule has 0 saturated heterocycles. The summed E-state index contributed by atoms with van der Waals surface area (Å²) in [5.74, 6) is -0.266. The number of likely N-dealkylation sites (N-methyl/N-ethyl adjacent to an activating group) is 1. The van der Waals surface area contributed by atoms with Crippen molar-refractivity contribution in [2.45, 2.75) is 12.5 Å². The molecule has 20 heavy (non-hydrogen) atoms. The number of hydrogen-bond acceptors (Lipinski definition) is 1. The van der Waals surface area contributed by atoms with Gasteiger partial charge in [-0.25, -0.2) is 4.39 Å². The summed E-state index contributed by atoms with van der Waals surface area (Å²) in [5, 5.41) is 4.31. The molecule has 0 aliphatic heterocycles. The van der Waals surface area contributed by atoms with Crippen molar-refractivity contribution in [2.24, 2.45) is 0 Å². The molecular weight excluding hydrogens is 364 g/mol. The standard InChI is InChI=1S/C15H13BrCl2FN/c1-20-15(10-3-5-14(19)11(16)8-10)7-9-2-4-12(17)13(18)6-9/h2-6,8,15,20H,7H2,1H3. The fourth-order valence-corrected chi connectivity index (χ4v) is 2.74. The molecule has 0 bridgehead atoms. The Balaban J connectivity index is 2.23. The van der Waals surface area contributed by atoms with Gasteiger partial charge < -0.3 is 5.32 Å². The molecule has 5 heteroatoms. The Hall–Kier alpha value is -0.610. The maximum absolute atomic E-state index is 13.3. The lowest BCUT2D eigenvalue weighted by atomic mass is 9.99. The van der Waals surface area contributed by atoms with Crippen molar-refractivity contribution in [2.75, 3.05) is 7.05 Å². The molecule has 2 aromatic carbocycles. The quantitative estimate of drug-likeness (QED) is 0.753. The van der Waals surface area contributed by atoms with E-state index in [1.807, 2.05) is 19.2 Å². The van der Waals surface area contributed by atoms with Gasteiger partial charge in [-0.1, -0.05) is 35.3 Å². The molecule has 0 aliphatic carbocycles. The largest absolute Gasteiger partial charge is 0.313 e. The zero-order chi connectivity index (χ0) is 14.7. The molecule has 0 saturated carbocycles. The predicted octanol–water partition coefficient (Wildman–Crippen LogP) is 5.40. The van der Waals surface area contributed by atoms with Crippen LogP contribution in [0.5, 0.6) is 0 Å². The summed E-state index contributed by atoms with van der Waals surface area (Å²) < 4.78 is 13.8. The summed E-state index contributed by atoms with van der Waals surface area (Å²) >= 11 is 15.1. The molecule has 1 nitrogen and oxygen atoms in total.